The Balaban J connectivity index is 2.02. The number of ether oxygens (including phenoxy) is 1. The monoisotopic (exact) mass is 248 g/mol. The summed E-state index contributed by atoms with van der Waals surface area (Å²) in [5, 5.41) is 0. The fraction of sp³-hybridized carbons (Fsp3) is 0.667. The molecule has 1 heterocycles. The minimum Gasteiger partial charge on any atom is -0.369 e. The molecular weight excluding hydrogens is 224 g/mol. The second kappa shape index (κ2) is 6.86. The van der Waals surface area contributed by atoms with Crippen molar-refractivity contribution in [3.63, 3.8) is 0 Å². The fourth-order valence-electron chi connectivity index (χ4n) is 2.64. The van der Waals surface area contributed by atoms with Crippen molar-refractivity contribution in [2.75, 3.05) is 0 Å². The first-order valence-electron chi connectivity index (χ1n) is 7.08. The normalized spacial score (nSPS) is 21.2. The van der Waals surface area contributed by atoms with E-state index in [4.69, 9.17) is 10.5 Å². The van der Waals surface area contributed by atoms with Crippen molar-refractivity contribution in [3.05, 3.63) is 30.1 Å². The first-order chi connectivity index (χ1) is 8.77. The highest BCUT2D eigenvalue weighted by Crippen LogP contribution is 2.27. The zero-order chi connectivity index (χ0) is 12.8. The molecular formula is C15H24N2O. The molecule has 3 nitrogen and oxygen atoms in total. The van der Waals surface area contributed by atoms with Crippen LogP contribution in [0.3, 0.4) is 0 Å². The number of hydrogen-bond donors (Lipinski definition) is 1. The number of aromatic nitrogens is 1. The van der Waals surface area contributed by atoms with E-state index in [9.17, 15) is 0 Å². The summed E-state index contributed by atoms with van der Waals surface area (Å²) in [7, 11) is 0. The van der Waals surface area contributed by atoms with Crippen LogP contribution in [0.25, 0.3) is 0 Å². The van der Waals surface area contributed by atoms with Crippen molar-refractivity contribution in [2.45, 2.75) is 63.7 Å². The maximum absolute atomic E-state index is 6.25. The van der Waals surface area contributed by atoms with Crippen LogP contribution in [0.2, 0.25) is 0 Å². The molecule has 1 aromatic heterocycles. The van der Waals surface area contributed by atoms with Crippen molar-refractivity contribution in [1.82, 2.24) is 4.98 Å². The highest BCUT2D eigenvalue weighted by molar-refractivity contribution is 5.14. The molecule has 2 rings (SSSR count). The van der Waals surface area contributed by atoms with Crippen molar-refractivity contribution < 1.29 is 4.74 Å². The average Bonchev–Trinajstić information content (AvgIpc) is 2.65. The fourth-order valence-corrected chi connectivity index (χ4v) is 2.64. The largest absolute Gasteiger partial charge is 0.369 e. The van der Waals surface area contributed by atoms with E-state index >= 15 is 0 Å². The Bertz CT molecular complexity index is 332. The van der Waals surface area contributed by atoms with Gasteiger partial charge in [-0.05, 0) is 25.8 Å². The van der Waals surface area contributed by atoms with E-state index in [2.05, 4.69) is 11.1 Å². The summed E-state index contributed by atoms with van der Waals surface area (Å²) in [6, 6.07) is 4.00. The van der Waals surface area contributed by atoms with E-state index in [1.54, 1.807) is 6.20 Å². The molecule has 0 spiro atoms. The van der Waals surface area contributed by atoms with Gasteiger partial charge in [-0.3, -0.25) is 4.98 Å². The van der Waals surface area contributed by atoms with Crippen LogP contribution >= 0.6 is 0 Å². The van der Waals surface area contributed by atoms with Gasteiger partial charge in [0.1, 0.15) is 0 Å². The average molecular weight is 248 g/mol. The number of pyridine rings is 1. The summed E-state index contributed by atoms with van der Waals surface area (Å²) < 4.78 is 6.25. The molecule has 18 heavy (non-hydrogen) atoms. The maximum Gasteiger partial charge on any atom is 0.0991 e. The Hall–Kier alpha value is -0.930. The molecule has 2 atom stereocenters. The van der Waals surface area contributed by atoms with Crippen LogP contribution in [0.1, 0.15) is 57.1 Å². The lowest BCUT2D eigenvalue weighted by Crippen LogP contribution is -2.30. The Morgan fingerprint density at radius 1 is 1.28 bits per heavy atom. The summed E-state index contributed by atoms with van der Waals surface area (Å²) in [6.07, 6.45) is 11.6. The maximum atomic E-state index is 6.25. The molecule has 1 aliphatic rings. The molecule has 0 aromatic carbocycles. The molecule has 0 aliphatic heterocycles. The van der Waals surface area contributed by atoms with Gasteiger partial charge in [0.05, 0.1) is 12.2 Å². The minimum absolute atomic E-state index is 0.00236. The van der Waals surface area contributed by atoms with E-state index in [0.29, 0.717) is 6.10 Å². The predicted octanol–water partition coefficient (Wildman–Crippen LogP) is 3.21. The van der Waals surface area contributed by atoms with Gasteiger partial charge in [0, 0.05) is 24.0 Å². The van der Waals surface area contributed by atoms with Gasteiger partial charge < -0.3 is 10.5 Å². The topological polar surface area (TPSA) is 48.1 Å². The van der Waals surface area contributed by atoms with Crippen molar-refractivity contribution in [2.24, 2.45) is 5.73 Å². The molecule has 1 aliphatic carbocycles. The van der Waals surface area contributed by atoms with Gasteiger partial charge in [-0.15, -0.1) is 0 Å². The van der Waals surface area contributed by atoms with Gasteiger partial charge >= 0.3 is 0 Å². The SMILES string of the molecule is CC(N)C(OC1CCCCCC1)c1cccnc1. The third kappa shape index (κ3) is 3.79. The highest BCUT2D eigenvalue weighted by Gasteiger charge is 2.22. The molecule has 100 valence electrons. The van der Waals surface area contributed by atoms with Crippen LogP contribution in [0.15, 0.2) is 24.5 Å². The number of hydrogen-bond acceptors (Lipinski definition) is 3. The van der Waals surface area contributed by atoms with Crippen LogP contribution in [0.4, 0.5) is 0 Å². The van der Waals surface area contributed by atoms with Crippen molar-refractivity contribution in [3.8, 4) is 0 Å². The third-order valence-electron chi connectivity index (χ3n) is 3.63. The number of nitrogens with zero attached hydrogens (tertiary/aromatic N) is 1. The molecule has 0 amide bonds. The predicted molar refractivity (Wildman–Crippen MR) is 73.2 cm³/mol. The third-order valence-corrected chi connectivity index (χ3v) is 3.63. The minimum atomic E-state index is -0.0261. The van der Waals surface area contributed by atoms with Gasteiger partial charge in [-0.1, -0.05) is 31.7 Å². The smallest absolute Gasteiger partial charge is 0.0991 e. The lowest BCUT2D eigenvalue weighted by atomic mass is 10.0. The van der Waals surface area contributed by atoms with E-state index < -0.39 is 0 Å². The quantitative estimate of drug-likeness (QED) is 0.832. The van der Waals surface area contributed by atoms with E-state index in [1.165, 1.54) is 38.5 Å². The summed E-state index contributed by atoms with van der Waals surface area (Å²) in [4.78, 5) is 4.16. The van der Waals surface area contributed by atoms with E-state index in [-0.39, 0.29) is 12.1 Å². The van der Waals surface area contributed by atoms with Gasteiger partial charge in [0.2, 0.25) is 0 Å². The van der Waals surface area contributed by atoms with Crippen molar-refractivity contribution >= 4 is 0 Å². The van der Waals surface area contributed by atoms with Gasteiger partial charge in [-0.2, -0.15) is 0 Å². The summed E-state index contributed by atoms with van der Waals surface area (Å²) >= 11 is 0. The van der Waals surface area contributed by atoms with Gasteiger partial charge in [0.15, 0.2) is 0 Å². The second-order valence-corrected chi connectivity index (χ2v) is 5.32. The van der Waals surface area contributed by atoms with E-state index in [0.717, 1.165) is 5.56 Å². The van der Waals surface area contributed by atoms with E-state index in [1.807, 2.05) is 19.2 Å². The van der Waals surface area contributed by atoms with Gasteiger partial charge in [0.25, 0.3) is 0 Å². The molecule has 1 aromatic rings. The van der Waals surface area contributed by atoms with Crippen LogP contribution in [0.5, 0.6) is 0 Å². The first kappa shape index (κ1) is 13.5. The van der Waals surface area contributed by atoms with Gasteiger partial charge in [-0.25, -0.2) is 0 Å². The zero-order valence-corrected chi connectivity index (χ0v) is 11.2. The molecule has 0 saturated heterocycles. The second-order valence-electron chi connectivity index (χ2n) is 5.32. The van der Waals surface area contributed by atoms with Crippen LogP contribution in [-0.2, 0) is 4.74 Å². The Kier molecular flexibility index (Phi) is 5.14. The Labute approximate surface area is 110 Å². The standard InChI is InChI=1S/C15H24N2O/c1-12(16)15(13-7-6-10-17-11-13)18-14-8-4-2-3-5-9-14/h6-7,10-12,14-15H,2-5,8-9,16H2,1H3. The summed E-state index contributed by atoms with van der Waals surface area (Å²) in [6.45, 7) is 2.01. The number of nitrogens with two attached hydrogens (primary N) is 1. The zero-order valence-electron chi connectivity index (χ0n) is 11.2. The summed E-state index contributed by atoms with van der Waals surface area (Å²) in [5.74, 6) is 0. The lowest BCUT2D eigenvalue weighted by molar-refractivity contribution is -0.0310. The lowest BCUT2D eigenvalue weighted by Gasteiger charge is -2.27. The first-order valence-corrected chi connectivity index (χ1v) is 7.08. The summed E-state index contributed by atoms with van der Waals surface area (Å²) in [5.41, 5.74) is 7.17. The molecule has 0 bridgehead atoms. The Morgan fingerprint density at radius 3 is 2.56 bits per heavy atom. The molecule has 1 fully saturated rings. The van der Waals surface area contributed by atoms with Crippen LogP contribution in [-0.4, -0.2) is 17.1 Å². The molecule has 2 unspecified atom stereocenters. The van der Waals surface area contributed by atoms with Crippen molar-refractivity contribution in [1.29, 1.82) is 0 Å². The number of rotatable bonds is 4. The molecule has 2 N–H and O–H groups in total. The van der Waals surface area contributed by atoms with Crippen LogP contribution < -0.4 is 5.73 Å². The van der Waals surface area contributed by atoms with Crippen LogP contribution in [0, 0.1) is 0 Å². The molecule has 3 heteroatoms. The molecule has 1 saturated carbocycles. The Morgan fingerprint density at radius 2 is 2.00 bits per heavy atom. The molecule has 0 radical (unpaired) electrons. The highest BCUT2D eigenvalue weighted by atomic mass is 16.5.